The number of quaternary nitrogens is 1. The van der Waals surface area contributed by atoms with Gasteiger partial charge in [-0.15, -0.1) is 0 Å². The van der Waals surface area contributed by atoms with Crippen molar-refractivity contribution in [2.45, 2.75) is 6.04 Å². The third kappa shape index (κ3) is 2.19. The summed E-state index contributed by atoms with van der Waals surface area (Å²) in [6.45, 7) is 3.41. The molecular weight excluding hydrogens is 130 g/mol. The van der Waals surface area contributed by atoms with Crippen molar-refractivity contribution in [2.75, 3.05) is 21.1 Å². The summed E-state index contributed by atoms with van der Waals surface area (Å²) in [5, 5.41) is 10.4. The second-order valence-corrected chi connectivity index (χ2v) is 3.12. The van der Waals surface area contributed by atoms with Gasteiger partial charge in [0.15, 0.2) is 0 Å². The lowest BCUT2D eigenvalue weighted by Gasteiger charge is -2.32. The molecule has 0 N–H and O–H groups in total. The number of carboxylic acid groups (broad SMARTS) is 1. The van der Waals surface area contributed by atoms with Crippen molar-refractivity contribution in [3.63, 3.8) is 0 Å². The third-order valence-corrected chi connectivity index (χ3v) is 1.30. The highest BCUT2D eigenvalue weighted by atomic mass is 16.4. The summed E-state index contributed by atoms with van der Waals surface area (Å²) < 4.78 is 0.311. The van der Waals surface area contributed by atoms with E-state index in [-0.39, 0.29) is 0 Å². The van der Waals surface area contributed by atoms with E-state index in [1.54, 1.807) is 21.1 Å². The van der Waals surface area contributed by atoms with Crippen molar-refractivity contribution < 1.29 is 14.4 Å². The number of aliphatic carboxylic acids is 1. The first-order valence-electron chi connectivity index (χ1n) is 3.04. The molecule has 10 heavy (non-hydrogen) atoms. The Bertz CT molecular complexity index is 146. The Labute approximate surface area is 61.2 Å². The van der Waals surface area contributed by atoms with Crippen LogP contribution in [0, 0.1) is 0 Å². The van der Waals surface area contributed by atoms with Gasteiger partial charge in [-0.25, -0.2) is 0 Å². The van der Waals surface area contributed by atoms with E-state index in [2.05, 4.69) is 6.58 Å². The Morgan fingerprint density at radius 1 is 1.60 bits per heavy atom. The summed E-state index contributed by atoms with van der Waals surface area (Å²) in [6.07, 6.45) is 1.38. The number of nitrogens with zero attached hydrogens (tertiary/aromatic N) is 1. The van der Waals surface area contributed by atoms with Gasteiger partial charge < -0.3 is 14.4 Å². The van der Waals surface area contributed by atoms with Crippen LogP contribution in [0.25, 0.3) is 0 Å². The number of carbonyl (C=O) groups is 1. The minimum absolute atomic E-state index is 0.311. The summed E-state index contributed by atoms with van der Waals surface area (Å²) in [5.41, 5.74) is 0. The molecule has 3 heteroatoms. The van der Waals surface area contributed by atoms with Gasteiger partial charge in [-0.3, -0.25) is 0 Å². The number of carbonyl (C=O) groups excluding carboxylic acids is 1. The van der Waals surface area contributed by atoms with Crippen molar-refractivity contribution in [2.24, 2.45) is 0 Å². The van der Waals surface area contributed by atoms with Crippen LogP contribution in [0.15, 0.2) is 12.7 Å². The smallest absolute Gasteiger partial charge is 0.147 e. The van der Waals surface area contributed by atoms with Gasteiger partial charge >= 0.3 is 0 Å². The number of rotatable bonds is 3. The van der Waals surface area contributed by atoms with Crippen LogP contribution in [0.1, 0.15) is 0 Å². The molecule has 1 unspecified atom stereocenters. The van der Waals surface area contributed by atoms with Gasteiger partial charge in [0.25, 0.3) is 0 Å². The molecule has 0 aromatic heterocycles. The molecule has 0 saturated heterocycles. The fourth-order valence-corrected chi connectivity index (χ4v) is 0.729. The van der Waals surface area contributed by atoms with Crippen molar-refractivity contribution in [3.05, 3.63) is 12.7 Å². The number of hydrogen-bond acceptors (Lipinski definition) is 2. The molecule has 0 aliphatic rings. The Morgan fingerprint density at radius 3 is 2.00 bits per heavy atom. The van der Waals surface area contributed by atoms with Crippen LogP contribution < -0.4 is 5.11 Å². The van der Waals surface area contributed by atoms with Crippen molar-refractivity contribution >= 4 is 5.97 Å². The number of likely N-dealkylation sites (N-methyl/N-ethyl adjacent to an activating group) is 1. The molecule has 0 rings (SSSR count). The van der Waals surface area contributed by atoms with Gasteiger partial charge in [0.05, 0.1) is 21.1 Å². The van der Waals surface area contributed by atoms with Gasteiger partial charge in [-0.2, -0.15) is 0 Å². The zero-order valence-electron chi connectivity index (χ0n) is 6.63. The fraction of sp³-hybridized carbons (Fsp3) is 0.571. The molecule has 0 heterocycles. The van der Waals surface area contributed by atoms with Gasteiger partial charge in [0.1, 0.15) is 12.0 Å². The van der Waals surface area contributed by atoms with Crippen LogP contribution in [-0.2, 0) is 4.79 Å². The van der Waals surface area contributed by atoms with Crippen molar-refractivity contribution in [1.82, 2.24) is 0 Å². The topological polar surface area (TPSA) is 40.1 Å². The highest BCUT2D eigenvalue weighted by molar-refractivity contribution is 5.72. The highest BCUT2D eigenvalue weighted by Gasteiger charge is 2.20. The van der Waals surface area contributed by atoms with E-state index >= 15 is 0 Å². The zero-order chi connectivity index (χ0) is 8.36. The van der Waals surface area contributed by atoms with E-state index < -0.39 is 12.0 Å². The van der Waals surface area contributed by atoms with Gasteiger partial charge in [0.2, 0.25) is 0 Å². The lowest BCUT2D eigenvalue weighted by molar-refractivity contribution is -0.882. The SMILES string of the molecule is C=CC(C(=O)[O-])[N+](C)(C)C. The largest absolute Gasteiger partial charge is 0.544 e. The third-order valence-electron chi connectivity index (χ3n) is 1.30. The summed E-state index contributed by atoms with van der Waals surface area (Å²) in [6, 6.07) is -0.625. The second-order valence-electron chi connectivity index (χ2n) is 3.12. The van der Waals surface area contributed by atoms with Crippen molar-refractivity contribution in [3.8, 4) is 0 Å². The Morgan fingerprint density at radius 2 is 2.00 bits per heavy atom. The first-order valence-corrected chi connectivity index (χ1v) is 3.04. The van der Waals surface area contributed by atoms with Gasteiger partial charge in [-0.1, -0.05) is 6.58 Å². The maximum atomic E-state index is 10.4. The van der Waals surface area contributed by atoms with Gasteiger partial charge in [-0.05, 0) is 6.08 Å². The Balaban J connectivity index is 4.36. The summed E-state index contributed by atoms with van der Waals surface area (Å²) in [7, 11) is 5.34. The number of hydrogen-bond donors (Lipinski definition) is 0. The number of carboxylic acids is 1. The molecule has 0 aromatic carbocycles. The monoisotopic (exact) mass is 143 g/mol. The first kappa shape index (κ1) is 9.17. The maximum absolute atomic E-state index is 10.4. The predicted octanol–water partition coefficient (Wildman–Crippen LogP) is -1.00. The summed E-state index contributed by atoms with van der Waals surface area (Å²) >= 11 is 0. The van der Waals surface area contributed by atoms with E-state index in [4.69, 9.17) is 0 Å². The molecule has 0 saturated carbocycles. The van der Waals surface area contributed by atoms with Crippen LogP contribution in [0.4, 0.5) is 0 Å². The summed E-state index contributed by atoms with van der Waals surface area (Å²) in [4.78, 5) is 10.4. The summed E-state index contributed by atoms with van der Waals surface area (Å²) in [5.74, 6) is -1.08. The second kappa shape index (κ2) is 2.84. The standard InChI is InChI=1S/C7H13NO2/c1-5-6(7(9)10)8(2,3)4/h5-6H,1H2,2-4H3. The van der Waals surface area contributed by atoms with E-state index in [9.17, 15) is 9.90 Å². The fourth-order valence-electron chi connectivity index (χ4n) is 0.729. The molecule has 3 nitrogen and oxygen atoms in total. The molecule has 0 radical (unpaired) electrons. The van der Waals surface area contributed by atoms with Crippen LogP contribution >= 0.6 is 0 Å². The molecule has 0 aliphatic heterocycles. The molecule has 58 valence electrons. The minimum Gasteiger partial charge on any atom is -0.544 e. The molecule has 0 fully saturated rings. The highest BCUT2D eigenvalue weighted by Crippen LogP contribution is 2.01. The molecule has 0 spiro atoms. The molecule has 0 bridgehead atoms. The van der Waals surface area contributed by atoms with Crippen LogP contribution in [0.2, 0.25) is 0 Å². The molecular formula is C7H13NO2. The maximum Gasteiger partial charge on any atom is 0.147 e. The molecule has 1 atom stereocenters. The Kier molecular flexibility index (Phi) is 2.60. The van der Waals surface area contributed by atoms with Crippen LogP contribution in [0.5, 0.6) is 0 Å². The molecule has 0 aliphatic carbocycles. The quantitative estimate of drug-likeness (QED) is 0.375. The van der Waals surface area contributed by atoms with E-state index in [1.165, 1.54) is 6.08 Å². The lowest BCUT2D eigenvalue weighted by Crippen LogP contribution is -2.53. The lowest BCUT2D eigenvalue weighted by atomic mass is 10.2. The average Bonchev–Trinajstić information content (AvgIpc) is 1.60. The molecule has 0 aromatic rings. The van der Waals surface area contributed by atoms with E-state index in [0.717, 1.165) is 0 Å². The van der Waals surface area contributed by atoms with E-state index in [0.29, 0.717) is 4.48 Å². The Hall–Kier alpha value is -0.830. The minimum atomic E-state index is -1.08. The predicted molar refractivity (Wildman–Crippen MR) is 37.0 cm³/mol. The normalized spacial score (nSPS) is 14.3. The van der Waals surface area contributed by atoms with E-state index in [1.807, 2.05) is 0 Å². The molecule has 0 amide bonds. The average molecular weight is 143 g/mol. The zero-order valence-corrected chi connectivity index (χ0v) is 6.63. The van der Waals surface area contributed by atoms with Crippen molar-refractivity contribution in [1.29, 1.82) is 0 Å². The van der Waals surface area contributed by atoms with Crippen LogP contribution in [-0.4, -0.2) is 37.6 Å². The van der Waals surface area contributed by atoms with Gasteiger partial charge in [0, 0.05) is 0 Å². The first-order chi connectivity index (χ1) is 4.39. The van der Waals surface area contributed by atoms with Crippen LogP contribution in [0.3, 0.4) is 0 Å².